The predicted molar refractivity (Wildman–Crippen MR) is 98.9 cm³/mol. The SMILES string of the molecule is COc1ccccc1CCNC(=S)Nc1cc(Cl)ccc1OC. The Morgan fingerprint density at radius 2 is 1.83 bits per heavy atom. The molecule has 0 heterocycles. The Morgan fingerprint density at radius 3 is 2.57 bits per heavy atom. The Labute approximate surface area is 146 Å². The lowest BCUT2D eigenvalue weighted by Gasteiger charge is -2.14. The van der Waals surface area contributed by atoms with Gasteiger partial charge in [0, 0.05) is 11.6 Å². The number of nitrogens with one attached hydrogen (secondary N) is 2. The molecule has 0 saturated heterocycles. The molecule has 0 aliphatic carbocycles. The second kappa shape index (κ2) is 8.60. The summed E-state index contributed by atoms with van der Waals surface area (Å²) in [5, 5.41) is 7.39. The van der Waals surface area contributed by atoms with Gasteiger partial charge in [0.2, 0.25) is 0 Å². The molecule has 0 unspecified atom stereocenters. The van der Waals surface area contributed by atoms with Crippen molar-refractivity contribution < 1.29 is 9.47 Å². The molecule has 6 heteroatoms. The number of anilines is 1. The number of ether oxygens (including phenoxy) is 2. The summed E-state index contributed by atoms with van der Waals surface area (Å²) in [6.07, 6.45) is 0.804. The number of para-hydroxylation sites is 1. The van der Waals surface area contributed by atoms with Crippen molar-refractivity contribution in [3.05, 3.63) is 53.1 Å². The van der Waals surface area contributed by atoms with Gasteiger partial charge in [-0.15, -0.1) is 0 Å². The molecular weight excluding hydrogens is 332 g/mol. The third-order valence-electron chi connectivity index (χ3n) is 3.28. The average Bonchev–Trinajstić information content (AvgIpc) is 2.55. The third kappa shape index (κ3) is 5.01. The van der Waals surface area contributed by atoms with Crippen molar-refractivity contribution in [1.29, 1.82) is 0 Å². The minimum Gasteiger partial charge on any atom is -0.496 e. The van der Waals surface area contributed by atoms with E-state index in [1.54, 1.807) is 32.4 Å². The highest BCUT2D eigenvalue weighted by Crippen LogP contribution is 2.27. The van der Waals surface area contributed by atoms with Crippen LogP contribution in [0.2, 0.25) is 5.02 Å². The maximum Gasteiger partial charge on any atom is 0.170 e. The van der Waals surface area contributed by atoms with Crippen LogP contribution in [-0.2, 0) is 6.42 Å². The van der Waals surface area contributed by atoms with Crippen LogP contribution >= 0.6 is 23.8 Å². The van der Waals surface area contributed by atoms with Gasteiger partial charge < -0.3 is 20.1 Å². The first kappa shape index (κ1) is 17.4. The Kier molecular flexibility index (Phi) is 6.50. The van der Waals surface area contributed by atoms with Crippen molar-refractivity contribution in [2.24, 2.45) is 0 Å². The summed E-state index contributed by atoms with van der Waals surface area (Å²) in [7, 11) is 3.27. The fourth-order valence-corrected chi connectivity index (χ4v) is 2.55. The highest BCUT2D eigenvalue weighted by atomic mass is 35.5. The summed E-state index contributed by atoms with van der Waals surface area (Å²) in [6.45, 7) is 0.690. The largest absolute Gasteiger partial charge is 0.496 e. The molecule has 0 aliphatic heterocycles. The van der Waals surface area contributed by atoms with Gasteiger partial charge in [-0.3, -0.25) is 0 Å². The van der Waals surface area contributed by atoms with Gasteiger partial charge >= 0.3 is 0 Å². The van der Waals surface area contributed by atoms with Crippen molar-refractivity contribution in [2.45, 2.75) is 6.42 Å². The smallest absolute Gasteiger partial charge is 0.170 e. The average molecular weight is 351 g/mol. The van der Waals surface area contributed by atoms with Crippen molar-refractivity contribution >= 4 is 34.6 Å². The molecule has 0 bridgehead atoms. The summed E-state index contributed by atoms with van der Waals surface area (Å²) >= 11 is 11.3. The molecule has 0 atom stereocenters. The number of thiocarbonyl (C=S) groups is 1. The maximum atomic E-state index is 6.00. The standard InChI is InChI=1S/C17H19ClN2O2S/c1-21-15-6-4-3-5-12(15)9-10-19-17(23)20-14-11-13(18)7-8-16(14)22-2/h3-8,11H,9-10H2,1-2H3,(H2,19,20,23). The van der Waals surface area contributed by atoms with Gasteiger partial charge in [-0.2, -0.15) is 0 Å². The Balaban J connectivity index is 1.89. The lowest BCUT2D eigenvalue weighted by molar-refractivity contribution is 0.409. The van der Waals surface area contributed by atoms with Crippen molar-refractivity contribution in [1.82, 2.24) is 5.32 Å². The van der Waals surface area contributed by atoms with Crippen molar-refractivity contribution in [3.63, 3.8) is 0 Å². The summed E-state index contributed by atoms with van der Waals surface area (Å²) in [6, 6.07) is 13.3. The topological polar surface area (TPSA) is 42.5 Å². The first-order valence-corrected chi connectivity index (χ1v) is 7.93. The fourth-order valence-electron chi connectivity index (χ4n) is 2.16. The van der Waals surface area contributed by atoms with Crippen LogP contribution in [-0.4, -0.2) is 25.9 Å². The predicted octanol–water partition coefficient (Wildman–Crippen LogP) is 3.89. The van der Waals surface area contributed by atoms with Crippen LogP contribution in [0.1, 0.15) is 5.56 Å². The normalized spacial score (nSPS) is 10.0. The van der Waals surface area contributed by atoms with E-state index in [1.165, 1.54) is 0 Å². The summed E-state index contributed by atoms with van der Waals surface area (Å²) in [5.74, 6) is 1.56. The van der Waals surface area contributed by atoms with Crippen LogP contribution in [0.25, 0.3) is 0 Å². The van der Waals surface area contributed by atoms with Gasteiger partial charge in [-0.1, -0.05) is 29.8 Å². The van der Waals surface area contributed by atoms with Crippen molar-refractivity contribution in [2.75, 3.05) is 26.1 Å². The minimum absolute atomic E-state index is 0.514. The van der Waals surface area contributed by atoms with Crippen LogP contribution in [0.5, 0.6) is 11.5 Å². The van der Waals surface area contributed by atoms with Crippen LogP contribution in [0.4, 0.5) is 5.69 Å². The Hall–Kier alpha value is -1.98. The highest BCUT2D eigenvalue weighted by molar-refractivity contribution is 7.80. The number of benzene rings is 2. The van der Waals surface area contributed by atoms with Gasteiger partial charge in [0.05, 0.1) is 19.9 Å². The summed E-state index contributed by atoms with van der Waals surface area (Å²) in [4.78, 5) is 0. The second-order valence-electron chi connectivity index (χ2n) is 4.79. The molecule has 122 valence electrons. The highest BCUT2D eigenvalue weighted by Gasteiger charge is 2.06. The molecule has 0 spiro atoms. The molecule has 2 N–H and O–H groups in total. The minimum atomic E-state index is 0.514. The molecule has 0 radical (unpaired) electrons. The quantitative estimate of drug-likeness (QED) is 0.774. The van der Waals surface area contributed by atoms with E-state index in [4.69, 9.17) is 33.3 Å². The molecule has 23 heavy (non-hydrogen) atoms. The van der Waals surface area contributed by atoms with E-state index >= 15 is 0 Å². The van der Waals surface area contributed by atoms with E-state index in [9.17, 15) is 0 Å². The van der Waals surface area contributed by atoms with E-state index in [1.807, 2.05) is 24.3 Å². The van der Waals surface area contributed by atoms with Crippen LogP contribution in [0, 0.1) is 0 Å². The molecule has 2 aromatic carbocycles. The summed E-state index contributed by atoms with van der Waals surface area (Å²) in [5.41, 5.74) is 1.86. The monoisotopic (exact) mass is 350 g/mol. The number of hydrogen-bond acceptors (Lipinski definition) is 3. The lowest BCUT2D eigenvalue weighted by Crippen LogP contribution is -2.30. The first-order valence-electron chi connectivity index (χ1n) is 7.14. The number of methoxy groups -OCH3 is 2. The molecular formula is C17H19ClN2O2S. The number of rotatable bonds is 6. The number of hydrogen-bond donors (Lipinski definition) is 2. The number of halogens is 1. The molecule has 0 fully saturated rings. The summed E-state index contributed by atoms with van der Waals surface area (Å²) < 4.78 is 10.6. The first-order chi connectivity index (χ1) is 11.1. The van der Waals surface area contributed by atoms with E-state index in [0.717, 1.165) is 23.4 Å². The van der Waals surface area contributed by atoms with E-state index in [0.29, 0.717) is 22.4 Å². The molecule has 0 amide bonds. The third-order valence-corrected chi connectivity index (χ3v) is 3.76. The Bertz CT molecular complexity index is 679. The lowest BCUT2D eigenvalue weighted by atomic mass is 10.1. The van der Waals surface area contributed by atoms with Gasteiger partial charge in [-0.05, 0) is 48.5 Å². The van der Waals surface area contributed by atoms with Gasteiger partial charge in [0.25, 0.3) is 0 Å². The molecule has 0 saturated carbocycles. The molecule has 4 nitrogen and oxygen atoms in total. The molecule has 2 rings (SSSR count). The molecule has 0 aromatic heterocycles. The van der Waals surface area contributed by atoms with Crippen LogP contribution in [0.15, 0.2) is 42.5 Å². The maximum absolute atomic E-state index is 6.00. The van der Waals surface area contributed by atoms with Crippen molar-refractivity contribution in [3.8, 4) is 11.5 Å². The van der Waals surface area contributed by atoms with Gasteiger partial charge in [-0.25, -0.2) is 0 Å². The van der Waals surface area contributed by atoms with Crippen LogP contribution < -0.4 is 20.1 Å². The Morgan fingerprint density at radius 1 is 1.09 bits per heavy atom. The zero-order chi connectivity index (χ0) is 16.7. The van der Waals surface area contributed by atoms with Gasteiger partial charge in [0.15, 0.2) is 5.11 Å². The zero-order valence-electron chi connectivity index (χ0n) is 13.1. The molecule has 2 aromatic rings. The van der Waals surface area contributed by atoms with Crippen LogP contribution in [0.3, 0.4) is 0 Å². The van der Waals surface area contributed by atoms with E-state index in [-0.39, 0.29) is 0 Å². The second-order valence-corrected chi connectivity index (χ2v) is 5.63. The zero-order valence-corrected chi connectivity index (χ0v) is 14.6. The fraction of sp³-hybridized carbons (Fsp3) is 0.235. The van der Waals surface area contributed by atoms with E-state index < -0.39 is 0 Å². The molecule has 0 aliphatic rings. The van der Waals surface area contributed by atoms with Gasteiger partial charge in [0.1, 0.15) is 11.5 Å². The van der Waals surface area contributed by atoms with E-state index in [2.05, 4.69) is 10.6 Å².